The SMILES string of the molecule is C[B]c1cc(C(C)(C)C)ccc1N. The Hall–Kier alpha value is -0.915. The van der Waals surface area contributed by atoms with Gasteiger partial charge in [-0.05, 0) is 17.0 Å². The Morgan fingerprint density at radius 2 is 1.85 bits per heavy atom. The van der Waals surface area contributed by atoms with E-state index in [4.69, 9.17) is 5.73 Å². The van der Waals surface area contributed by atoms with Crippen LogP contribution in [0.5, 0.6) is 0 Å². The van der Waals surface area contributed by atoms with Crippen molar-refractivity contribution < 1.29 is 0 Å². The fraction of sp³-hybridized carbons (Fsp3) is 0.455. The molecule has 0 fully saturated rings. The third-order valence-electron chi connectivity index (χ3n) is 2.26. The first-order valence-electron chi connectivity index (χ1n) is 4.64. The molecule has 0 aliphatic carbocycles. The highest BCUT2D eigenvalue weighted by molar-refractivity contribution is 6.54. The third kappa shape index (κ3) is 2.27. The summed E-state index contributed by atoms with van der Waals surface area (Å²) in [6.07, 6.45) is 0. The van der Waals surface area contributed by atoms with Crippen LogP contribution in [0.15, 0.2) is 18.2 Å². The Morgan fingerprint density at radius 3 is 2.31 bits per heavy atom. The molecule has 13 heavy (non-hydrogen) atoms. The molecule has 2 heteroatoms. The van der Waals surface area contributed by atoms with E-state index in [0.717, 1.165) is 11.2 Å². The quantitative estimate of drug-likeness (QED) is 0.511. The molecule has 0 heterocycles. The maximum atomic E-state index is 5.81. The Kier molecular flexibility index (Phi) is 2.70. The molecule has 69 valence electrons. The molecule has 0 saturated carbocycles. The minimum atomic E-state index is 0.200. The van der Waals surface area contributed by atoms with E-state index < -0.39 is 0 Å². The highest BCUT2D eigenvalue weighted by Crippen LogP contribution is 2.21. The largest absolute Gasteiger partial charge is 0.399 e. The van der Waals surface area contributed by atoms with Gasteiger partial charge in [-0.2, -0.15) is 0 Å². The number of rotatable bonds is 1. The number of anilines is 1. The Morgan fingerprint density at radius 1 is 1.23 bits per heavy atom. The molecule has 0 aliphatic rings. The molecule has 0 aromatic heterocycles. The molecule has 0 amide bonds. The third-order valence-corrected chi connectivity index (χ3v) is 2.26. The van der Waals surface area contributed by atoms with Gasteiger partial charge in [0.2, 0.25) is 0 Å². The van der Waals surface area contributed by atoms with Crippen LogP contribution in [-0.4, -0.2) is 7.28 Å². The van der Waals surface area contributed by atoms with Gasteiger partial charge in [0.05, 0.1) is 0 Å². The number of benzene rings is 1. The number of hydrogen-bond acceptors (Lipinski definition) is 1. The molecule has 0 atom stereocenters. The molecule has 1 aromatic carbocycles. The fourth-order valence-corrected chi connectivity index (χ4v) is 1.29. The van der Waals surface area contributed by atoms with E-state index in [1.807, 2.05) is 20.2 Å². The van der Waals surface area contributed by atoms with Crippen LogP contribution < -0.4 is 11.2 Å². The normalized spacial score (nSPS) is 11.4. The summed E-state index contributed by atoms with van der Waals surface area (Å²) in [5.74, 6) is 0. The standard InChI is InChI=1S/C11H17BN/c1-11(2,3)8-5-6-10(13)9(7-8)12-4/h5-7H,13H2,1-4H3. The zero-order chi connectivity index (χ0) is 10.1. The van der Waals surface area contributed by atoms with Crippen molar-refractivity contribution in [3.63, 3.8) is 0 Å². The van der Waals surface area contributed by atoms with E-state index in [1.165, 1.54) is 5.56 Å². The van der Waals surface area contributed by atoms with Gasteiger partial charge < -0.3 is 5.73 Å². The summed E-state index contributed by atoms with van der Waals surface area (Å²) in [5.41, 5.74) is 9.33. The molecule has 1 aromatic rings. The molecule has 0 bridgehead atoms. The zero-order valence-electron chi connectivity index (χ0n) is 8.89. The van der Waals surface area contributed by atoms with Crippen LogP contribution in [0.1, 0.15) is 26.3 Å². The topological polar surface area (TPSA) is 26.0 Å². The maximum absolute atomic E-state index is 5.81. The van der Waals surface area contributed by atoms with Crippen molar-refractivity contribution >= 4 is 18.4 Å². The van der Waals surface area contributed by atoms with Gasteiger partial charge in [-0.15, -0.1) is 0 Å². The first kappa shape index (κ1) is 10.2. The van der Waals surface area contributed by atoms with Gasteiger partial charge >= 0.3 is 0 Å². The Labute approximate surface area is 81.6 Å². The van der Waals surface area contributed by atoms with Crippen LogP contribution in [0.2, 0.25) is 6.82 Å². The lowest BCUT2D eigenvalue weighted by Gasteiger charge is -2.20. The Balaban J connectivity index is 3.14. The lowest BCUT2D eigenvalue weighted by molar-refractivity contribution is 0.591. The van der Waals surface area contributed by atoms with Crippen molar-refractivity contribution in [3.05, 3.63) is 23.8 Å². The van der Waals surface area contributed by atoms with Gasteiger partial charge in [-0.1, -0.05) is 45.2 Å². The summed E-state index contributed by atoms with van der Waals surface area (Å²) in [7, 11) is 2.05. The van der Waals surface area contributed by atoms with Gasteiger partial charge in [0.15, 0.2) is 7.28 Å². The first-order valence-corrected chi connectivity index (χ1v) is 4.64. The molecule has 0 aliphatic heterocycles. The second-order valence-electron chi connectivity index (χ2n) is 4.38. The van der Waals surface area contributed by atoms with Gasteiger partial charge in [0.1, 0.15) is 0 Å². The van der Waals surface area contributed by atoms with Crippen LogP contribution in [0, 0.1) is 0 Å². The monoisotopic (exact) mass is 174 g/mol. The van der Waals surface area contributed by atoms with E-state index in [9.17, 15) is 0 Å². The molecular weight excluding hydrogens is 157 g/mol. The summed E-state index contributed by atoms with van der Waals surface area (Å²) in [5, 5.41) is 0. The van der Waals surface area contributed by atoms with E-state index in [0.29, 0.717) is 0 Å². The van der Waals surface area contributed by atoms with Crippen LogP contribution in [0.3, 0.4) is 0 Å². The zero-order valence-corrected chi connectivity index (χ0v) is 8.89. The van der Waals surface area contributed by atoms with Crippen LogP contribution in [0.4, 0.5) is 5.69 Å². The highest BCUT2D eigenvalue weighted by atomic mass is 14.5. The molecule has 1 rings (SSSR count). The van der Waals surface area contributed by atoms with E-state index in [2.05, 4.69) is 32.9 Å². The van der Waals surface area contributed by atoms with Crippen LogP contribution in [0.25, 0.3) is 0 Å². The maximum Gasteiger partial charge on any atom is 0.151 e. The van der Waals surface area contributed by atoms with Gasteiger partial charge in [0.25, 0.3) is 0 Å². The number of nitrogen functional groups attached to an aromatic ring is 1. The molecule has 0 spiro atoms. The average Bonchev–Trinajstić information content (AvgIpc) is 2.03. The van der Waals surface area contributed by atoms with Crippen molar-refractivity contribution in [3.8, 4) is 0 Å². The van der Waals surface area contributed by atoms with Gasteiger partial charge in [-0.25, -0.2) is 0 Å². The van der Waals surface area contributed by atoms with E-state index >= 15 is 0 Å². The van der Waals surface area contributed by atoms with E-state index in [1.54, 1.807) is 0 Å². The highest BCUT2D eigenvalue weighted by Gasteiger charge is 2.14. The summed E-state index contributed by atoms with van der Waals surface area (Å²) < 4.78 is 0. The molecule has 1 nitrogen and oxygen atoms in total. The van der Waals surface area contributed by atoms with Crippen molar-refractivity contribution in [1.82, 2.24) is 0 Å². The van der Waals surface area contributed by atoms with E-state index in [-0.39, 0.29) is 5.41 Å². The summed E-state index contributed by atoms with van der Waals surface area (Å²) >= 11 is 0. The van der Waals surface area contributed by atoms with Crippen molar-refractivity contribution in [2.24, 2.45) is 0 Å². The molecular formula is C11H17BN. The fourth-order valence-electron chi connectivity index (χ4n) is 1.29. The predicted molar refractivity (Wildman–Crippen MR) is 60.8 cm³/mol. The van der Waals surface area contributed by atoms with Gasteiger partial charge in [-0.3, -0.25) is 0 Å². The average molecular weight is 174 g/mol. The molecule has 0 unspecified atom stereocenters. The van der Waals surface area contributed by atoms with Crippen molar-refractivity contribution in [1.29, 1.82) is 0 Å². The summed E-state index contributed by atoms with van der Waals surface area (Å²) in [6.45, 7) is 8.63. The molecule has 1 radical (unpaired) electrons. The van der Waals surface area contributed by atoms with Crippen LogP contribution >= 0.6 is 0 Å². The minimum absolute atomic E-state index is 0.200. The number of hydrogen-bond donors (Lipinski definition) is 1. The lowest BCUT2D eigenvalue weighted by Crippen LogP contribution is -2.20. The molecule has 0 saturated heterocycles. The lowest BCUT2D eigenvalue weighted by atomic mass is 9.70. The minimum Gasteiger partial charge on any atom is -0.399 e. The predicted octanol–water partition coefficient (Wildman–Crippen LogP) is 1.94. The Bertz CT molecular complexity index is 299. The second-order valence-corrected chi connectivity index (χ2v) is 4.38. The summed E-state index contributed by atoms with van der Waals surface area (Å²) in [6, 6.07) is 6.24. The number of nitrogens with two attached hydrogens (primary N) is 1. The van der Waals surface area contributed by atoms with Crippen molar-refractivity contribution in [2.75, 3.05) is 5.73 Å². The van der Waals surface area contributed by atoms with Gasteiger partial charge in [0, 0.05) is 5.69 Å². The van der Waals surface area contributed by atoms with Crippen molar-refractivity contribution in [2.45, 2.75) is 33.0 Å². The smallest absolute Gasteiger partial charge is 0.151 e. The van der Waals surface area contributed by atoms with Crippen LogP contribution in [-0.2, 0) is 5.41 Å². The molecule has 2 N–H and O–H groups in total. The summed E-state index contributed by atoms with van der Waals surface area (Å²) in [4.78, 5) is 0. The second kappa shape index (κ2) is 3.45. The first-order chi connectivity index (χ1) is 5.95.